The van der Waals surface area contributed by atoms with Gasteiger partial charge in [-0.05, 0) is 19.3 Å². The van der Waals surface area contributed by atoms with E-state index in [1.165, 1.54) is 7.11 Å². The van der Waals surface area contributed by atoms with Crippen molar-refractivity contribution in [3.05, 3.63) is 0 Å². The minimum absolute atomic E-state index is 0.00579. The minimum atomic E-state index is -0.578. The van der Waals surface area contributed by atoms with Crippen LogP contribution in [0.1, 0.15) is 33.6 Å². The molecule has 0 spiro atoms. The van der Waals surface area contributed by atoms with Crippen molar-refractivity contribution in [3.63, 3.8) is 0 Å². The van der Waals surface area contributed by atoms with E-state index in [0.29, 0.717) is 12.8 Å². The predicted octanol–water partition coefficient (Wildman–Crippen LogP) is 1.12. The van der Waals surface area contributed by atoms with Gasteiger partial charge in [-0.1, -0.05) is 13.8 Å². The molecule has 5 nitrogen and oxygen atoms in total. The van der Waals surface area contributed by atoms with Crippen molar-refractivity contribution < 1.29 is 19.1 Å². The molecular weight excluding hydrogens is 222 g/mol. The fraction of sp³-hybridized carbons (Fsp3) is 0.833. The summed E-state index contributed by atoms with van der Waals surface area (Å²) in [6, 6.07) is -0.578. The van der Waals surface area contributed by atoms with Crippen molar-refractivity contribution in [1.29, 1.82) is 0 Å². The molecular formula is C12H23NO4. The summed E-state index contributed by atoms with van der Waals surface area (Å²) in [7, 11) is 2.92. The maximum atomic E-state index is 11.6. The van der Waals surface area contributed by atoms with E-state index in [1.54, 1.807) is 7.11 Å². The number of hydrogen-bond donors (Lipinski definition) is 1. The van der Waals surface area contributed by atoms with Crippen LogP contribution < -0.4 is 5.32 Å². The van der Waals surface area contributed by atoms with E-state index in [-0.39, 0.29) is 17.9 Å². The van der Waals surface area contributed by atoms with Gasteiger partial charge in [0.05, 0.1) is 13.2 Å². The monoisotopic (exact) mass is 245 g/mol. The molecule has 1 amide bonds. The lowest BCUT2D eigenvalue weighted by Gasteiger charge is -2.20. The van der Waals surface area contributed by atoms with E-state index in [0.717, 1.165) is 0 Å². The Kier molecular flexibility index (Phi) is 7.54. The summed E-state index contributed by atoms with van der Waals surface area (Å²) in [5.41, 5.74) is 0. The molecule has 0 aromatic rings. The van der Waals surface area contributed by atoms with Gasteiger partial charge < -0.3 is 14.8 Å². The summed E-state index contributed by atoms with van der Waals surface area (Å²) in [5.74, 6) is -0.558. The third kappa shape index (κ3) is 6.26. The van der Waals surface area contributed by atoms with Crippen molar-refractivity contribution in [1.82, 2.24) is 5.32 Å². The number of methoxy groups -OCH3 is 2. The molecule has 1 N–H and O–H groups in total. The second-order valence-electron chi connectivity index (χ2n) is 4.40. The summed E-state index contributed by atoms with van der Waals surface area (Å²) in [6.07, 6.45) is 1.01. The summed E-state index contributed by atoms with van der Waals surface area (Å²) in [5, 5.41) is 2.68. The van der Waals surface area contributed by atoms with Gasteiger partial charge >= 0.3 is 5.97 Å². The number of rotatable bonds is 7. The Morgan fingerprint density at radius 3 is 2.18 bits per heavy atom. The van der Waals surface area contributed by atoms with Crippen LogP contribution in [0.5, 0.6) is 0 Å². The Labute approximate surface area is 103 Å². The molecule has 0 radical (unpaired) electrons. The van der Waals surface area contributed by atoms with Crippen LogP contribution in [0.3, 0.4) is 0 Å². The highest BCUT2D eigenvalue weighted by Crippen LogP contribution is 2.05. The van der Waals surface area contributed by atoms with Gasteiger partial charge in [-0.2, -0.15) is 0 Å². The molecule has 2 atom stereocenters. The van der Waals surface area contributed by atoms with Gasteiger partial charge in [0, 0.05) is 13.5 Å². The Hall–Kier alpha value is -1.10. The largest absolute Gasteiger partial charge is 0.467 e. The molecule has 0 fully saturated rings. The molecule has 100 valence electrons. The maximum absolute atomic E-state index is 11.6. The molecule has 0 aliphatic rings. The predicted molar refractivity (Wildman–Crippen MR) is 64.5 cm³/mol. The summed E-state index contributed by atoms with van der Waals surface area (Å²) in [6.45, 7) is 5.62. The number of ether oxygens (including phenoxy) is 2. The van der Waals surface area contributed by atoms with Crippen molar-refractivity contribution >= 4 is 11.9 Å². The topological polar surface area (TPSA) is 64.6 Å². The first kappa shape index (κ1) is 15.9. The second kappa shape index (κ2) is 8.06. The number of nitrogens with one attached hydrogen (secondary N) is 1. The summed E-state index contributed by atoms with van der Waals surface area (Å²) < 4.78 is 9.69. The van der Waals surface area contributed by atoms with E-state index < -0.39 is 12.0 Å². The molecule has 0 heterocycles. The first-order valence-electron chi connectivity index (χ1n) is 5.82. The number of esters is 1. The minimum Gasteiger partial charge on any atom is -0.467 e. The van der Waals surface area contributed by atoms with E-state index in [9.17, 15) is 9.59 Å². The lowest BCUT2D eigenvalue weighted by Crippen LogP contribution is -2.45. The first-order chi connectivity index (χ1) is 7.92. The molecule has 17 heavy (non-hydrogen) atoms. The van der Waals surface area contributed by atoms with E-state index in [4.69, 9.17) is 4.74 Å². The van der Waals surface area contributed by atoms with Crippen molar-refractivity contribution in [2.75, 3.05) is 14.2 Å². The van der Waals surface area contributed by atoms with Crippen LogP contribution in [-0.2, 0) is 19.1 Å². The van der Waals surface area contributed by atoms with Crippen LogP contribution in [-0.4, -0.2) is 38.2 Å². The molecule has 0 rings (SSSR count). The van der Waals surface area contributed by atoms with Crippen LogP contribution in [0.25, 0.3) is 0 Å². The van der Waals surface area contributed by atoms with Crippen LogP contribution in [0.2, 0.25) is 0 Å². The second-order valence-corrected chi connectivity index (χ2v) is 4.40. The highest BCUT2D eigenvalue weighted by atomic mass is 16.5. The lowest BCUT2D eigenvalue weighted by molar-refractivity contribution is -0.146. The SMILES string of the molecule is COC(=O)C(NC(=O)CCC(C)OC)C(C)C. The average molecular weight is 245 g/mol. The Balaban J connectivity index is 4.18. The Bertz CT molecular complexity index is 253. The van der Waals surface area contributed by atoms with Crippen LogP contribution in [0.4, 0.5) is 0 Å². The number of carbonyl (C=O) groups is 2. The van der Waals surface area contributed by atoms with E-state index in [2.05, 4.69) is 10.1 Å². The van der Waals surface area contributed by atoms with Gasteiger partial charge in [0.2, 0.25) is 5.91 Å². The van der Waals surface area contributed by atoms with Crippen molar-refractivity contribution in [2.45, 2.75) is 45.8 Å². The number of amides is 1. The zero-order valence-corrected chi connectivity index (χ0v) is 11.3. The smallest absolute Gasteiger partial charge is 0.328 e. The molecule has 0 aliphatic heterocycles. The molecule has 5 heteroatoms. The van der Waals surface area contributed by atoms with Crippen molar-refractivity contribution in [2.24, 2.45) is 5.92 Å². The zero-order chi connectivity index (χ0) is 13.4. The van der Waals surface area contributed by atoms with Gasteiger partial charge in [-0.3, -0.25) is 4.79 Å². The number of carbonyl (C=O) groups excluding carboxylic acids is 2. The highest BCUT2D eigenvalue weighted by Gasteiger charge is 2.24. The van der Waals surface area contributed by atoms with Crippen LogP contribution in [0, 0.1) is 5.92 Å². The Morgan fingerprint density at radius 1 is 1.18 bits per heavy atom. The Morgan fingerprint density at radius 2 is 1.76 bits per heavy atom. The molecule has 0 aromatic heterocycles. The average Bonchev–Trinajstić information content (AvgIpc) is 2.31. The summed E-state index contributed by atoms with van der Waals surface area (Å²) >= 11 is 0. The molecule has 0 bridgehead atoms. The fourth-order valence-electron chi connectivity index (χ4n) is 1.32. The third-order valence-corrected chi connectivity index (χ3v) is 2.62. The molecule has 0 aliphatic carbocycles. The molecule has 2 unspecified atom stereocenters. The van der Waals surface area contributed by atoms with Crippen LogP contribution in [0.15, 0.2) is 0 Å². The van der Waals surface area contributed by atoms with Gasteiger partial charge in [-0.15, -0.1) is 0 Å². The zero-order valence-electron chi connectivity index (χ0n) is 11.3. The van der Waals surface area contributed by atoms with Gasteiger partial charge in [-0.25, -0.2) is 4.79 Å². The number of hydrogen-bond acceptors (Lipinski definition) is 4. The molecule has 0 saturated carbocycles. The normalized spacial score (nSPS) is 14.2. The van der Waals surface area contributed by atoms with E-state index >= 15 is 0 Å². The third-order valence-electron chi connectivity index (χ3n) is 2.62. The first-order valence-corrected chi connectivity index (χ1v) is 5.82. The van der Waals surface area contributed by atoms with Gasteiger partial charge in [0.25, 0.3) is 0 Å². The van der Waals surface area contributed by atoms with Gasteiger partial charge in [0.1, 0.15) is 6.04 Å². The van der Waals surface area contributed by atoms with Crippen molar-refractivity contribution in [3.8, 4) is 0 Å². The van der Waals surface area contributed by atoms with Crippen LogP contribution >= 0.6 is 0 Å². The molecule has 0 saturated heterocycles. The van der Waals surface area contributed by atoms with E-state index in [1.807, 2.05) is 20.8 Å². The van der Waals surface area contributed by atoms with Gasteiger partial charge in [0.15, 0.2) is 0 Å². The fourth-order valence-corrected chi connectivity index (χ4v) is 1.32. The lowest BCUT2D eigenvalue weighted by atomic mass is 10.0. The molecule has 0 aromatic carbocycles. The highest BCUT2D eigenvalue weighted by molar-refractivity contribution is 5.84. The maximum Gasteiger partial charge on any atom is 0.328 e. The quantitative estimate of drug-likeness (QED) is 0.682. The standard InChI is InChI=1S/C12H23NO4/c1-8(2)11(12(15)17-5)13-10(14)7-6-9(3)16-4/h8-9,11H,6-7H2,1-5H3,(H,13,14). The summed E-state index contributed by atoms with van der Waals surface area (Å²) in [4.78, 5) is 23.0.